The Labute approximate surface area is 121 Å². The van der Waals surface area contributed by atoms with Crippen LogP contribution >= 0.6 is 0 Å². The highest BCUT2D eigenvalue weighted by atomic mass is 16.7. The van der Waals surface area contributed by atoms with Crippen molar-refractivity contribution in [3.63, 3.8) is 0 Å². The molecule has 0 aromatic carbocycles. The Balaban J connectivity index is 1.52. The van der Waals surface area contributed by atoms with Gasteiger partial charge in [-0.1, -0.05) is 6.42 Å². The Morgan fingerprint density at radius 2 is 2.10 bits per heavy atom. The van der Waals surface area contributed by atoms with Gasteiger partial charge in [-0.2, -0.15) is 5.48 Å². The minimum Gasteiger partial charge on any atom is -0.368 e. The van der Waals surface area contributed by atoms with Gasteiger partial charge in [0.2, 0.25) is 0 Å². The van der Waals surface area contributed by atoms with Crippen LogP contribution in [0.1, 0.15) is 26.2 Å². The monoisotopic (exact) mass is 285 g/mol. The number of hydrogen-bond acceptors (Lipinski definition) is 6. The van der Waals surface area contributed by atoms with Crippen molar-refractivity contribution in [1.29, 1.82) is 0 Å². The zero-order valence-electron chi connectivity index (χ0n) is 12.4. The van der Waals surface area contributed by atoms with Crippen LogP contribution in [0.5, 0.6) is 0 Å². The van der Waals surface area contributed by atoms with Crippen LogP contribution in [0.3, 0.4) is 0 Å². The summed E-state index contributed by atoms with van der Waals surface area (Å²) in [4.78, 5) is 8.03. The first kappa shape index (κ1) is 14.7. The quantitative estimate of drug-likeness (QED) is 0.767. The number of piperidine rings is 1. The molecule has 0 aliphatic carbocycles. The van der Waals surface area contributed by atoms with Gasteiger partial charge in [0.05, 0.1) is 19.3 Å². The molecule has 0 aromatic rings. The molecule has 0 saturated carbocycles. The number of morpholine rings is 1. The molecule has 3 unspecified atom stereocenters. The average Bonchev–Trinajstić information content (AvgIpc) is 2.49. The molecule has 0 spiro atoms. The molecular weight excluding hydrogens is 258 g/mol. The van der Waals surface area contributed by atoms with E-state index in [0.29, 0.717) is 6.61 Å². The van der Waals surface area contributed by atoms with E-state index in [1.54, 1.807) is 0 Å². The summed E-state index contributed by atoms with van der Waals surface area (Å²) in [6, 6.07) is 0. The van der Waals surface area contributed by atoms with Crippen molar-refractivity contribution in [2.45, 2.75) is 44.1 Å². The van der Waals surface area contributed by atoms with Gasteiger partial charge in [-0.3, -0.25) is 4.84 Å². The normalized spacial score (nSPS) is 40.6. The zero-order valence-corrected chi connectivity index (χ0v) is 12.4. The first-order valence-corrected chi connectivity index (χ1v) is 7.86. The second-order valence-electron chi connectivity index (χ2n) is 6.27. The first-order valence-electron chi connectivity index (χ1n) is 7.86. The van der Waals surface area contributed by atoms with Crippen LogP contribution in [0.2, 0.25) is 0 Å². The highest BCUT2D eigenvalue weighted by Crippen LogP contribution is 2.23. The fourth-order valence-electron chi connectivity index (χ4n) is 3.18. The van der Waals surface area contributed by atoms with Gasteiger partial charge in [0.25, 0.3) is 0 Å². The second kappa shape index (κ2) is 6.68. The van der Waals surface area contributed by atoms with Crippen molar-refractivity contribution in [3.8, 4) is 0 Å². The number of rotatable bonds is 3. The third kappa shape index (κ3) is 3.50. The smallest absolute Gasteiger partial charge is 0.160 e. The minimum absolute atomic E-state index is 0.127. The number of hydrogen-bond donors (Lipinski definition) is 2. The number of nitrogens with one attached hydrogen (secondary N) is 2. The summed E-state index contributed by atoms with van der Waals surface area (Å²) < 4.78 is 12.1. The Morgan fingerprint density at radius 1 is 1.25 bits per heavy atom. The third-order valence-electron chi connectivity index (χ3n) is 4.44. The maximum absolute atomic E-state index is 6.19. The molecule has 0 amide bonds. The van der Waals surface area contributed by atoms with Gasteiger partial charge >= 0.3 is 0 Å². The van der Waals surface area contributed by atoms with Gasteiger partial charge in [-0.25, -0.2) is 0 Å². The maximum Gasteiger partial charge on any atom is 0.160 e. The van der Waals surface area contributed by atoms with Gasteiger partial charge in [0.1, 0.15) is 5.60 Å². The van der Waals surface area contributed by atoms with E-state index in [1.807, 2.05) is 0 Å². The predicted molar refractivity (Wildman–Crippen MR) is 75.3 cm³/mol. The largest absolute Gasteiger partial charge is 0.368 e. The number of nitrogens with zero attached hydrogens (tertiary/aromatic N) is 1. The van der Waals surface area contributed by atoms with Gasteiger partial charge in [-0.15, -0.1) is 0 Å². The molecule has 20 heavy (non-hydrogen) atoms. The maximum atomic E-state index is 6.19. The van der Waals surface area contributed by atoms with Crippen LogP contribution in [-0.2, 0) is 14.3 Å². The van der Waals surface area contributed by atoms with Crippen LogP contribution in [0.15, 0.2) is 0 Å². The fourth-order valence-corrected chi connectivity index (χ4v) is 3.18. The van der Waals surface area contributed by atoms with Crippen molar-refractivity contribution in [1.82, 2.24) is 15.7 Å². The molecule has 3 saturated heterocycles. The molecule has 3 atom stereocenters. The number of likely N-dealkylation sites (tertiary alicyclic amines) is 1. The zero-order chi connectivity index (χ0) is 13.8. The van der Waals surface area contributed by atoms with E-state index in [0.717, 1.165) is 26.2 Å². The van der Waals surface area contributed by atoms with Gasteiger partial charge in [0, 0.05) is 19.6 Å². The van der Waals surface area contributed by atoms with E-state index in [9.17, 15) is 0 Å². The van der Waals surface area contributed by atoms with Crippen LogP contribution in [0.4, 0.5) is 0 Å². The SMILES string of the molecule is CC1(C2NOCC(CN3CCCCC3)O2)CNCCO1. The Morgan fingerprint density at radius 3 is 2.85 bits per heavy atom. The summed E-state index contributed by atoms with van der Waals surface area (Å²) in [5.74, 6) is 0. The lowest BCUT2D eigenvalue weighted by atomic mass is 10.0. The summed E-state index contributed by atoms with van der Waals surface area (Å²) in [5, 5.41) is 3.36. The van der Waals surface area contributed by atoms with Crippen LogP contribution < -0.4 is 10.8 Å². The highest BCUT2D eigenvalue weighted by molar-refractivity contribution is 4.89. The van der Waals surface area contributed by atoms with Crippen molar-refractivity contribution in [2.24, 2.45) is 0 Å². The fraction of sp³-hybridized carbons (Fsp3) is 1.00. The van der Waals surface area contributed by atoms with Crippen molar-refractivity contribution >= 4 is 0 Å². The van der Waals surface area contributed by atoms with E-state index >= 15 is 0 Å². The summed E-state index contributed by atoms with van der Waals surface area (Å²) in [6.45, 7) is 8.42. The van der Waals surface area contributed by atoms with Crippen molar-refractivity contribution in [2.75, 3.05) is 45.9 Å². The molecule has 3 aliphatic rings. The van der Waals surface area contributed by atoms with Crippen LogP contribution in [0.25, 0.3) is 0 Å². The summed E-state index contributed by atoms with van der Waals surface area (Å²) in [5.41, 5.74) is 2.63. The van der Waals surface area contributed by atoms with Gasteiger partial charge in [-0.05, 0) is 32.9 Å². The van der Waals surface area contributed by atoms with Gasteiger partial charge in [0.15, 0.2) is 6.23 Å². The molecule has 0 radical (unpaired) electrons. The second-order valence-corrected chi connectivity index (χ2v) is 6.27. The molecule has 0 aromatic heterocycles. The lowest BCUT2D eigenvalue weighted by Crippen LogP contribution is -2.64. The van der Waals surface area contributed by atoms with E-state index in [-0.39, 0.29) is 17.9 Å². The molecule has 2 N–H and O–H groups in total. The van der Waals surface area contributed by atoms with Crippen LogP contribution in [-0.4, -0.2) is 68.8 Å². The number of ether oxygens (including phenoxy) is 2. The summed E-state index contributed by atoms with van der Waals surface area (Å²) >= 11 is 0. The van der Waals surface area contributed by atoms with Crippen LogP contribution in [0, 0.1) is 0 Å². The third-order valence-corrected chi connectivity index (χ3v) is 4.44. The Hall–Kier alpha value is -0.240. The lowest BCUT2D eigenvalue weighted by molar-refractivity contribution is -0.265. The summed E-state index contributed by atoms with van der Waals surface area (Å²) in [7, 11) is 0. The lowest BCUT2D eigenvalue weighted by Gasteiger charge is -2.44. The molecule has 3 heterocycles. The molecule has 116 valence electrons. The molecule has 3 rings (SSSR count). The molecule has 6 nitrogen and oxygen atoms in total. The molecule has 3 fully saturated rings. The topological polar surface area (TPSA) is 55.0 Å². The van der Waals surface area contributed by atoms with Gasteiger partial charge < -0.3 is 19.7 Å². The Kier molecular flexibility index (Phi) is 4.91. The van der Waals surface area contributed by atoms with Crippen molar-refractivity contribution in [3.05, 3.63) is 0 Å². The first-order chi connectivity index (χ1) is 9.76. The standard InChI is InChI=1S/C14H27N3O3/c1-14(11-15-5-8-18-14)13-16-19-10-12(20-13)9-17-6-3-2-4-7-17/h12-13,15-16H,2-11H2,1H3. The van der Waals surface area contributed by atoms with E-state index in [1.165, 1.54) is 32.4 Å². The van der Waals surface area contributed by atoms with E-state index < -0.39 is 0 Å². The van der Waals surface area contributed by atoms with E-state index in [2.05, 4.69) is 22.6 Å². The summed E-state index contributed by atoms with van der Waals surface area (Å²) in [6.07, 6.45) is 3.89. The molecule has 6 heteroatoms. The average molecular weight is 285 g/mol. The molecule has 3 aliphatic heterocycles. The predicted octanol–water partition coefficient (Wildman–Crippen LogP) is 0.0969. The minimum atomic E-state index is -0.362. The van der Waals surface area contributed by atoms with Crippen molar-refractivity contribution < 1.29 is 14.3 Å². The highest BCUT2D eigenvalue weighted by Gasteiger charge is 2.41. The number of hydroxylamine groups is 1. The van der Waals surface area contributed by atoms with E-state index in [4.69, 9.17) is 14.3 Å². The Bertz CT molecular complexity index is 304. The molecular formula is C14H27N3O3. The molecule has 0 bridgehead atoms.